The van der Waals surface area contributed by atoms with Gasteiger partial charge in [-0.15, -0.1) is 0 Å². The maximum atomic E-state index is 12.1. The number of hydrogen-bond donors (Lipinski definition) is 2. The van der Waals surface area contributed by atoms with E-state index in [0.29, 0.717) is 18.7 Å². The molecule has 6 nitrogen and oxygen atoms in total. The quantitative estimate of drug-likeness (QED) is 0.781. The van der Waals surface area contributed by atoms with Crippen molar-refractivity contribution in [3.63, 3.8) is 0 Å². The number of rotatable bonds is 7. The van der Waals surface area contributed by atoms with Crippen molar-refractivity contribution in [2.45, 2.75) is 32.7 Å². The molecule has 0 spiro atoms. The molecule has 0 radical (unpaired) electrons. The topological polar surface area (TPSA) is 70.7 Å². The van der Waals surface area contributed by atoms with E-state index in [0.717, 1.165) is 31.9 Å². The van der Waals surface area contributed by atoms with Crippen LogP contribution in [0, 0.1) is 6.92 Å². The number of carbonyl (C=O) groups excluding carboxylic acids is 2. The van der Waals surface area contributed by atoms with Crippen LogP contribution in [0.5, 0.6) is 0 Å². The van der Waals surface area contributed by atoms with Gasteiger partial charge in [0, 0.05) is 43.7 Å². The third-order valence-electron chi connectivity index (χ3n) is 4.61. The first-order chi connectivity index (χ1) is 11.9. The number of benzene rings is 1. The second-order valence-corrected chi connectivity index (χ2v) is 7.01. The highest BCUT2D eigenvalue weighted by molar-refractivity contribution is 5.95. The van der Waals surface area contributed by atoms with Crippen molar-refractivity contribution in [2.75, 3.05) is 39.4 Å². The first-order valence-electron chi connectivity index (χ1n) is 8.83. The molecule has 0 aromatic heterocycles. The van der Waals surface area contributed by atoms with Crippen molar-refractivity contribution in [3.8, 4) is 0 Å². The number of ether oxygens (including phenoxy) is 1. The molecule has 1 saturated heterocycles. The largest absolute Gasteiger partial charge is 0.379 e. The van der Waals surface area contributed by atoms with Crippen LogP contribution in [0.15, 0.2) is 24.3 Å². The van der Waals surface area contributed by atoms with Crippen LogP contribution in [-0.4, -0.2) is 61.6 Å². The molecule has 2 rings (SSSR count). The Morgan fingerprint density at radius 2 is 1.84 bits per heavy atom. The standard InChI is InChI=1S/C19H29N3O3/c1-15-6-4-5-7-16(15)18(24)20-9-8-17(23)21-14-19(2,3)22-10-12-25-13-11-22/h4-7H,8-14H2,1-3H3,(H,20,24)(H,21,23). The number of nitrogens with one attached hydrogen (secondary N) is 2. The molecule has 0 saturated carbocycles. The van der Waals surface area contributed by atoms with Gasteiger partial charge in [0.15, 0.2) is 0 Å². The smallest absolute Gasteiger partial charge is 0.251 e. The molecule has 1 heterocycles. The van der Waals surface area contributed by atoms with Crippen molar-refractivity contribution in [1.82, 2.24) is 15.5 Å². The number of hydrogen-bond acceptors (Lipinski definition) is 4. The van der Waals surface area contributed by atoms with Gasteiger partial charge in [-0.05, 0) is 32.4 Å². The van der Waals surface area contributed by atoms with Gasteiger partial charge in [-0.3, -0.25) is 14.5 Å². The summed E-state index contributed by atoms with van der Waals surface area (Å²) in [6.45, 7) is 10.3. The highest BCUT2D eigenvalue weighted by Crippen LogP contribution is 2.15. The average molecular weight is 347 g/mol. The molecular formula is C19H29N3O3. The Labute approximate surface area is 149 Å². The van der Waals surface area contributed by atoms with Gasteiger partial charge in [0.05, 0.1) is 13.2 Å². The molecule has 0 bridgehead atoms. The number of morpholine rings is 1. The van der Waals surface area contributed by atoms with Crippen molar-refractivity contribution < 1.29 is 14.3 Å². The van der Waals surface area contributed by atoms with Crippen LogP contribution in [-0.2, 0) is 9.53 Å². The molecule has 1 aliphatic rings. The normalized spacial score (nSPS) is 15.6. The van der Waals surface area contributed by atoms with Crippen LogP contribution in [0.25, 0.3) is 0 Å². The van der Waals surface area contributed by atoms with Crippen LogP contribution in [0.4, 0.5) is 0 Å². The molecule has 0 unspecified atom stereocenters. The molecule has 0 aliphatic carbocycles. The molecule has 1 aliphatic heterocycles. The number of amides is 2. The zero-order valence-electron chi connectivity index (χ0n) is 15.4. The molecule has 0 atom stereocenters. The summed E-state index contributed by atoms with van der Waals surface area (Å²) in [5.41, 5.74) is 1.47. The fourth-order valence-corrected chi connectivity index (χ4v) is 2.90. The fraction of sp³-hybridized carbons (Fsp3) is 0.579. The summed E-state index contributed by atoms with van der Waals surface area (Å²) < 4.78 is 5.37. The monoisotopic (exact) mass is 347 g/mol. The van der Waals surface area contributed by atoms with Gasteiger partial charge in [-0.1, -0.05) is 18.2 Å². The molecule has 1 fully saturated rings. The predicted molar refractivity (Wildman–Crippen MR) is 97.6 cm³/mol. The number of aryl methyl sites for hydroxylation is 1. The van der Waals surface area contributed by atoms with E-state index in [1.54, 1.807) is 6.07 Å². The van der Waals surface area contributed by atoms with Crippen molar-refractivity contribution in [3.05, 3.63) is 35.4 Å². The summed E-state index contributed by atoms with van der Waals surface area (Å²) in [7, 11) is 0. The lowest BCUT2D eigenvalue weighted by Crippen LogP contribution is -2.55. The SMILES string of the molecule is Cc1ccccc1C(=O)NCCC(=O)NCC(C)(C)N1CCOCC1. The van der Waals surface area contributed by atoms with E-state index >= 15 is 0 Å². The van der Waals surface area contributed by atoms with Gasteiger partial charge in [0.2, 0.25) is 5.91 Å². The van der Waals surface area contributed by atoms with Crippen LogP contribution >= 0.6 is 0 Å². The second kappa shape index (κ2) is 8.97. The van der Waals surface area contributed by atoms with Gasteiger partial charge in [-0.2, -0.15) is 0 Å². The van der Waals surface area contributed by atoms with E-state index in [1.807, 2.05) is 25.1 Å². The van der Waals surface area contributed by atoms with Crippen molar-refractivity contribution >= 4 is 11.8 Å². The second-order valence-electron chi connectivity index (χ2n) is 7.01. The lowest BCUT2D eigenvalue weighted by atomic mass is 10.0. The van der Waals surface area contributed by atoms with Crippen LogP contribution < -0.4 is 10.6 Å². The summed E-state index contributed by atoms with van der Waals surface area (Å²) in [6.07, 6.45) is 0.275. The summed E-state index contributed by atoms with van der Waals surface area (Å²) in [5.74, 6) is -0.189. The van der Waals surface area contributed by atoms with E-state index in [1.165, 1.54) is 0 Å². The maximum absolute atomic E-state index is 12.1. The predicted octanol–water partition coefficient (Wildman–Crippen LogP) is 1.34. The van der Waals surface area contributed by atoms with Gasteiger partial charge >= 0.3 is 0 Å². The Morgan fingerprint density at radius 1 is 1.16 bits per heavy atom. The number of carbonyl (C=O) groups is 2. The third-order valence-corrected chi connectivity index (χ3v) is 4.61. The summed E-state index contributed by atoms with van der Waals surface area (Å²) in [6, 6.07) is 7.42. The Balaban J connectivity index is 1.70. The zero-order chi connectivity index (χ0) is 18.3. The fourth-order valence-electron chi connectivity index (χ4n) is 2.90. The lowest BCUT2D eigenvalue weighted by Gasteiger charge is -2.40. The number of nitrogens with zero attached hydrogens (tertiary/aromatic N) is 1. The molecule has 138 valence electrons. The Hall–Kier alpha value is -1.92. The average Bonchev–Trinajstić information content (AvgIpc) is 2.61. The van der Waals surface area contributed by atoms with Gasteiger partial charge in [0.25, 0.3) is 5.91 Å². The molecule has 2 N–H and O–H groups in total. The summed E-state index contributed by atoms with van der Waals surface area (Å²) >= 11 is 0. The molecular weight excluding hydrogens is 318 g/mol. The van der Waals surface area contributed by atoms with Crippen molar-refractivity contribution in [1.29, 1.82) is 0 Å². The minimum absolute atomic E-state index is 0.0496. The minimum Gasteiger partial charge on any atom is -0.379 e. The zero-order valence-corrected chi connectivity index (χ0v) is 15.4. The summed E-state index contributed by atoms with van der Waals surface area (Å²) in [4.78, 5) is 26.5. The van der Waals surface area contributed by atoms with E-state index in [4.69, 9.17) is 4.74 Å². The molecule has 6 heteroatoms. The van der Waals surface area contributed by atoms with Crippen LogP contribution in [0.1, 0.15) is 36.2 Å². The van der Waals surface area contributed by atoms with Gasteiger partial charge < -0.3 is 15.4 Å². The van der Waals surface area contributed by atoms with E-state index < -0.39 is 0 Å². The molecule has 1 aromatic rings. The Bertz CT molecular complexity index is 595. The first kappa shape index (κ1) is 19.4. The highest BCUT2D eigenvalue weighted by Gasteiger charge is 2.28. The van der Waals surface area contributed by atoms with E-state index in [2.05, 4.69) is 29.4 Å². The van der Waals surface area contributed by atoms with Gasteiger partial charge in [-0.25, -0.2) is 0 Å². The highest BCUT2D eigenvalue weighted by atomic mass is 16.5. The summed E-state index contributed by atoms with van der Waals surface area (Å²) in [5, 5.41) is 5.78. The molecule has 1 aromatic carbocycles. The Kier molecular flexibility index (Phi) is 6.96. The molecule has 25 heavy (non-hydrogen) atoms. The van der Waals surface area contributed by atoms with Crippen molar-refractivity contribution in [2.24, 2.45) is 0 Å². The Morgan fingerprint density at radius 3 is 2.52 bits per heavy atom. The first-order valence-corrected chi connectivity index (χ1v) is 8.83. The maximum Gasteiger partial charge on any atom is 0.251 e. The van der Waals surface area contributed by atoms with Gasteiger partial charge in [0.1, 0.15) is 0 Å². The van der Waals surface area contributed by atoms with Crippen LogP contribution in [0.3, 0.4) is 0 Å². The van der Waals surface area contributed by atoms with E-state index in [9.17, 15) is 9.59 Å². The van der Waals surface area contributed by atoms with E-state index in [-0.39, 0.29) is 23.8 Å². The molecule has 2 amide bonds. The lowest BCUT2D eigenvalue weighted by molar-refractivity contribution is -0.121. The third kappa shape index (κ3) is 5.83. The van der Waals surface area contributed by atoms with Crippen LogP contribution in [0.2, 0.25) is 0 Å². The minimum atomic E-state index is -0.139.